The molecule has 5 aromatic carbocycles. The van der Waals surface area contributed by atoms with E-state index >= 15 is 0 Å². The summed E-state index contributed by atoms with van der Waals surface area (Å²) in [6, 6.07) is 38.5. The molecule has 0 saturated carbocycles. The predicted octanol–water partition coefficient (Wildman–Crippen LogP) is 7.24. The Morgan fingerprint density at radius 2 is 0.775 bits per heavy atom. The Kier molecular flexibility index (Phi) is 8.30. The second kappa shape index (κ2) is 12.0. The molecule has 4 nitrogen and oxygen atoms in total. The van der Waals surface area contributed by atoms with E-state index in [9.17, 15) is 0 Å². The molecular weight excluding hydrogens is 539 g/mol. The molecule has 0 aliphatic heterocycles. The first-order chi connectivity index (χ1) is 19.6. The first-order valence-corrected chi connectivity index (χ1v) is 16.0. The maximum absolute atomic E-state index is 8.18. The molecule has 6 heteroatoms. The standard InChI is InChI=1S/C34H32ClO4P/c1-36-27-18-12-19-28(37-2)33(27)25-16-8-10-22-31(25)40(35,24-14-6-5-7-15-24)32-23-11-9-17-26(32)34-29(38-3)20-13-21-30(34)39-4/h5-23,40H,1-4H3. The summed E-state index contributed by atoms with van der Waals surface area (Å²) in [6.45, 7) is -3.23. The van der Waals surface area contributed by atoms with Crippen LogP contribution in [-0.4, -0.2) is 28.4 Å². The number of hydrogen-bond donors (Lipinski definition) is 0. The topological polar surface area (TPSA) is 36.9 Å². The van der Waals surface area contributed by atoms with Gasteiger partial charge >= 0.3 is 242 Å². The van der Waals surface area contributed by atoms with Gasteiger partial charge < -0.3 is 0 Å². The molecule has 0 aromatic heterocycles. The van der Waals surface area contributed by atoms with E-state index < -0.39 is 6.62 Å². The Bertz CT molecular complexity index is 1480. The normalized spacial score (nSPS) is 11.5. The van der Waals surface area contributed by atoms with Crippen molar-refractivity contribution in [3.8, 4) is 45.3 Å². The summed E-state index contributed by atoms with van der Waals surface area (Å²) < 4.78 is 23.3. The zero-order valence-electron chi connectivity index (χ0n) is 23.0. The summed E-state index contributed by atoms with van der Waals surface area (Å²) >= 11 is 8.18. The summed E-state index contributed by atoms with van der Waals surface area (Å²) in [5, 5.41) is 3.10. The van der Waals surface area contributed by atoms with Crippen LogP contribution in [0.25, 0.3) is 22.3 Å². The van der Waals surface area contributed by atoms with E-state index in [0.29, 0.717) is 23.0 Å². The molecule has 0 atom stereocenters. The van der Waals surface area contributed by atoms with Crippen LogP contribution in [0.3, 0.4) is 0 Å². The predicted molar refractivity (Wildman–Crippen MR) is 169 cm³/mol. The molecule has 0 fully saturated rings. The molecule has 0 N–H and O–H groups in total. The van der Waals surface area contributed by atoms with Gasteiger partial charge in [-0.2, -0.15) is 0 Å². The molecule has 0 heterocycles. The zero-order chi connectivity index (χ0) is 28.1. The Hall–Kier alpha value is -3.98. The molecule has 0 aliphatic carbocycles. The summed E-state index contributed by atoms with van der Waals surface area (Å²) in [5.41, 5.74) is 3.65. The van der Waals surface area contributed by atoms with Crippen molar-refractivity contribution >= 4 is 33.8 Å². The Morgan fingerprint density at radius 1 is 0.425 bits per heavy atom. The molecule has 5 rings (SSSR count). The van der Waals surface area contributed by atoms with Crippen molar-refractivity contribution in [2.45, 2.75) is 0 Å². The van der Waals surface area contributed by atoms with Gasteiger partial charge in [0, 0.05) is 0 Å². The van der Waals surface area contributed by atoms with Gasteiger partial charge in [-0.15, -0.1) is 0 Å². The Labute approximate surface area is 241 Å². The maximum atomic E-state index is 8.18. The van der Waals surface area contributed by atoms with Crippen LogP contribution < -0.4 is 34.9 Å². The van der Waals surface area contributed by atoms with Gasteiger partial charge in [0.05, 0.1) is 0 Å². The third kappa shape index (κ3) is 4.79. The van der Waals surface area contributed by atoms with Crippen LogP contribution in [0.4, 0.5) is 0 Å². The van der Waals surface area contributed by atoms with Gasteiger partial charge in [-0.25, -0.2) is 0 Å². The van der Waals surface area contributed by atoms with Gasteiger partial charge in [-0.05, 0) is 0 Å². The monoisotopic (exact) mass is 570 g/mol. The Balaban J connectivity index is 1.90. The minimum absolute atomic E-state index is 0.715. The van der Waals surface area contributed by atoms with Crippen LogP contribution in [0, 0.1) is 0 Å². The number of halogens is 1. The van der Waals surface area contributed by atoms with Gasteiger partial charge in [0.25, 0.3) is 0 Å². The molecule has 5 aromatic rings. The molecule has 0 unspecified atom stereocenters. The summed E-state index contributed by atoms with van der Waals surface area (Å²) in [7, 11) is 6.69. The van der Waals surface area contributed by atoms with E-state index in [1.807, 2.05) is 78.9 Å². The fraction of sp³-hybridized carbons (Fsp3) is 0.118. The van der Waals surface area contributed by atoms with E-state index in [2.05, 4.69) is 36.4 Å². The molecule has 0 spiro atoms. The van der Waals surface area contributed by atoms with Gasteiger partial charge in [0.2, 0.25) is 0 Å². The van der Waals surface area contributed by atoms with Crippen LogP contribution in [0.15, 0.2) is 115 Å². The minimum atomic E-state index is -3.23. The van der Waals surface area contributed by atoms with Crippen molar-refractivity contribution in [2.75, 3.05) is 28.4 Å². The summed E-state index contributed by atoms with van der Waals surface area (Å²) in [6.07, 6.45) is 0. The number of methoxy groups -OCH3 is 4. The quantitative estimate of drug-likeness (QED) is 0.175. The van der Waals surface area contributed by atoms with Gasteiger partial charge in [-0.1, -0.05) is 0 Å². The van der Waals surface area contributed by atoms with Crippen molar-refractivity contribution in [3.63, 3.8) is 0 Å². The van der Waals surface area contributed by atoms with E-state index in [1.165, 1.54) is 0 Å². The fourth-order valence-corrected chi connectivity index (χ4v) is 10.1. The van der Waals surface area contributed by atoms with E-state index in [0.717, 1.165) is 38.2 Å². The van der Waals surface area contributed by atoms with Crippen LogP contribution >= 0.6 is 17.9 Å². The van der Waals surface area contributed by atoms with Crippen LogP contribution in [0.5, 0.6) is 23.0 Å². The Morgan fingerprint density at radius 3 is 1.15 bits per heavy atom. The number of hydrogen-bond acceptors (Lipinski definition) is 4. The SMILES string of the molecule is COc1cccc(OC)c1-c1ccccc1[PH](Cl)(c1ccccc1)c1ccccc1-c1c(OC)cccc1OC. The van der Waals surface area contributed by atoms with Crippen LogP contribution in [-0.2, 0) is 0 Å². The van der Waals surface area contributed by atoms with Gasteiger partial charge in [-0.3, -0.25) is 0 Å². The van der Waals surface area contributed by atoms with E-state index in [-0.39, 0.29) is 0 Å². The third-order valence-electron chi connectivity index (χ3n) is 7.16. The third-order valence-corrected chi connectivity index (χ3v) is 12.5. The fourth-order valence-electron chi connectivity index (χ4n) is 5.36. The molecule has 0 amide bonds. The number of benzene rings is 5. The first kappa shape index (κ1) is 27.6. The van der Waals surface area contributed by atoms with Crippen molar-refractivity contribution in [2.24, 2.45) is 0 Å². The zero-order valence-corrected chi connectivity index (χ0v) is 24.7. The van der Waals surface area contributed by atoms with E-state index in [1.54, 1.807) is 28.4 Å². The van der Waals surface area contributed by atoms with Crippen molar-refractivity contribution < 1.29 is 18.9 Å². The average molecular weight is 571 g/mol. The second-order valence-electron chi connectivity index (χ2n) is 9.19. The molecule has 204 valence electrons. The summed E-state index contributed by atoms with van der Waals surface area (Å²) in [4.78, 5) is 0. The molecule has 0 saturated heterocycles. The van der Waals surface area contributed by atoms with Crippen molar-refractivity contribution in [1.29, 1.82) is 0 Å². The summed E-state index contributed by atoms with van der Waals surface area (Å²) in [5.74, 6) is 2.86. The van der Waals surface area contributed by atoms with Gasteiger partial charge in [0.15, 0.2) is 0 Å². The molecule has 40 heavy (non-hydrogen) atoms. The van der Waals surface area contributed by atoms with Crippen molar-refractivity contribution in [1.82, 2.24) is 0 Å². The molecular formula is C34H32ClO4P. The molecule has 0 radical (unpaired) electrons. The number of ether oxygens (including phenoxy) is 4. The first-order valence-electron chi connectivity index (χ1n) is 12.9. The van der Waals surface area contributed by atoms with Crippen LogP contribution in [0.1, 0.15) is 0 Å². The van der Waals surface area contributed by atoms with E-state index in [4.69, 9.17) is 30.2 Å². The average Bonchev–Trinajstić information content (AvgIpc) is 3.03. The van der Waals surface area contributed by atoms with Crippen molar-refractivity contribution in [3.05, 3.63) is 115 Å². The molecule has 0 aliphatic rings. The molecule has 0 bridgehead atoms. The van der Waals surface area contributed by atoms with Crippen LogP contribution in [0.2, 0.25) is 0 Å². The van der Waals surface area contributed by atoms with Gasteiger partial charge in [0.1, 0.15) is 0 Å². The number of rotatable bonds is 9. The second-order valence-corrected chi connectivity index (χ2v) is 13.9.